The van der Waals surface area contributed by atoms with Crippen molar-refractivity contribution in [1.29, 1.82) is 0 Å². The third kappa shape index (κ3) is 3.70. The molecular weight excluding hydrogens is 238 g/mol. The molecule has 1 saturated carbocycles. The Hall–Kier alpha value is -1.55. The SMILES string of the molecule is CC(N)c1cccc(NC(=O)N(C)CC2CCC2)c1. The van der Waals surface area contributed by atoms with Gasteiger partial charge in [0.15, 0.2) is 0 Å². The Balaban J connectivity index is 1.91. The molecule has 4 nitrogen and oxygen atoms in total. The summed E-state index contributed by atoms with van der Waals surface area (Å²) >= 11 is 0. The molecule has 1 atom stereocenters. The molecule has 1 aromatic rings. The van der Waals surface area contributed by atoms with Crippen LogP contribution in [0.15, 0.2) is 24.3 Å². The standard InChI is InChI=1S/C15H23N3O/c1-11(16)13-7-4-8-14(9-13)17-15(19)18(2)10-12-5-3-6-12/h4,7-9,11-12H,3,5-6,10,16H2,1-2H3,(H,17,19). The summed E-state index contributed by atoms with van der Waals surface area (Å²) in [6, 6.07) is 7.64. The smallest absolute Gasteiger partial charge is 0.321 e. The summed E-state index contributed by atoms with van der Waals surface area (Å²) in [5, 5.41) is 2.92. The normalized spacial score (nSPS) is 16.6. The fourth-order valence-electron chi connectivity index (χ4n) is 2.26. The van der Waals surface area contributed by atoms with Crippen LogP contribution >= 0.6 is 0 Å². The molecule has 0 spiro atoms. The first-order valence-electron chi connectivity index (χ1n) is 6.94. The molecule has 2 amide bonds. The molecule has 2 rings (SSSR count). The van der Waals surface area contributed by atoms with Crippen LogP contribution in [0.4, 0.5) is 10.5 Å². The van der Waals surface area contributed by atoms with Gasteiger partial charge in [-0.1, -0.05) is 18.6 Å². The molecule has 104 valence electrons. The summed E-state index contributed by atoms with van der Waals surface area (Å²) in [5.41, 5.74) is 7.67. The van der Waals surface area contributed by atoms with Gasteiger partial charge in [-0.15, -0.1) is 0 Å². The summed E-state index contributed by atoms with van der Waals surface area (Å²) in [4.78, 5) is 13.8. The number of rotatable bonds is 4. The molecule has 1 aliphatic carbocycles. The van der Waals surface area contributed by atoms with Crippen LogP contribution in [0.2, 0.25) is 0 Å². The first-order valence-corrected chi connectivity index (χ1v) is 6.94. The summed E-state index contributed by atoms with van der Waals surface area (Å²) in [6.45, 7) is 2.78. The van der Waals surface area contributed by atoms with Crippen molar-refractivity contribution in [3.05, 3.63) is 29.8 Å². The molecule has 0 aromatic heterocycles. The van der Waals surface area contributed by atoms with Crippen molar-refractivity contribution < 1.29 is 4.79 Å². The van der Waals surface area contributed by atoms with E-state index < -0.39 is 0 Å². The minimum absolute atomic E-state index is 0.0236. The topological polar surface area (TPSA) is 58.4 Å². The Labute approximate surface area is 115 Å². The Morgan fingerprint density at radius 1 is 1.53 bits per heavy atom. The number of urea groups is 1. The van der Waals surface area contributed by atoms with Gasteiger partial charge in [0.05, 0.1) is 0 Å². The number of amides is 2. The molecule has 1 aliphatic rings. The van der Waals surface area contributed by atoms with Crippen LogP contribution in [0.1, 0.15) is 37.8 Å². The zero-order valence-electron chi connectivity index (χ0n) is 11.7. The van der Waals surface area contributed by atoms with Crippen molar-refractivity contribution >= 4 is 11.7 Å². The van der Waals surface area contributed by atoms with E-state index in [4.69, 9.17) is 5.73 Å². The largest absolute Gasteiger partial charge is 0.327 e. The third-order valence-electron chi connectivity index (χ3n) is 3.77. The molecule has 0 heterocycles. The van der Waals surface area contributed by atoms with Crippen molar-refractivity contribution in [2.24, 2.45) is 11.7 Å². The van der Waals surface area contributed by atoms with E-state index in [2.05, 4.69) is 5.32 Å². The Morgan fingerprint density at radius 2 is 2.26 bits per heavy atom. The number of carbonyl (C=O) groups is 1. The van der Waals surface area contributed by atoms with E-state index >= 15 is 0 Å². The van der Waals surface area contributed by atoms with Gasteiger partial charge in [-0.05, 0) is 43.4 Å². The number of hydrogen-bond acceptors (Lipinski definition) is 2. The maximum Gasteiger partial charge on any atom is 0.321 e. The molecule has 0 radical (unpaired) electrons. The van der Waals surface area contributed by atoms with Gasteiger partial charge in [0, 0.05) is 25.3 Å². The van der Waals surface area contributed by atoms with E-state index in [1.807, 2.05) is 38.2 Å². The molecule has 0 aliphatic heterocycles. The van der Waals surface area contributed by atoms with Gasteiger partial charge in [-0.3, -0.25) is 0 Å². The number of carbonyl (C=O) groups excluding carboxylic acids is 1. The van der Waals surface area contributed by atoms with Crippen LogP contribution in [-0.2, 0) is 0 Å². The minimum atomic E-state index is -0.0475. The summed E-state index contributed by atoms with van der Waals surface area (Å²) in [7, 11) is 1.85. The highest BCUT2D eigenvalue weighted by molar-refractivity contribution is 5.89. The molecule has 0 bridgehead atoms. The lowest BCUT2D eigenvalue weighted by Gasteiger charge is -2.30. The Kier molecular flexibility index (Phi) is 4.43. The Bertz CT molecular complexity index is 441. The zero-order valence-corrected chi connectivity index (χ0v) is 11.7. The maximum atomic E-state index is 12.1. The first-order chi connectivity index (χ1) is 9.06. The predicted molar refractivity (Wildman–Crippen MR) is 78.0 cm³/mol. The van der Waals surface area contributed by atoms with Crippen LogP contribution in [0, 0.1) is 5.92 Å². The quantitative estimate of drug-likeness (QED) is 0.875. The van der Waals surface area contributed by atoms with Crippen LogP contribution in [0.5, 0.6) is 0 Å². The number of nitrogens with two attached hydrogens (primary N) is 1. The van der Waals surface area contributed by atoms with Gasteiger partial charge >= 0.3 is 6.03 Å². The number of hydrogen-bond donors (Lipinski definition) is 2. The van der Waals surface area contributed by atoms with Gasteiger partial charge in [0.2, 0.25) is 0 Å². The van der Waals surface area contributed by atoms with E-state index in [1.54, 1.807) is 4.90 Å². The van der Waals surface area contributed by atoms with Crippen molar-refractivity contribution in [2.45, 2.75) is 32.2 Å². The summed E-state index contributed by atoms with van der Waals surface area (Å²) in [5.74, 6) is 0.686. The second-order valence-corrected chi connectivity index (χ2v) is 5.52. The molecular formula is C15H23N3O. The van der Waals surface area contributed by atoms with Crippen molar-refractivity contribution in [2.75, 3.05) is 18.9 Å². The van der Waals surface area contributed by atoms with Gasteiger partial charge in [-0.2, -0.15) is 0 Å². The predicted octanol–water partition coefficient (Wildman–Crippen LogP) is 2.97. The molecule has 1 unspecified atom stereocenters. The molecule has 3 N–H and O–H groups in total. The highest BCUT2D eigenvalue weighted by Crippen LogP contribution is 2.26. The van der Waals surface area contributed by atoms with Crippen molar-refractivity contribution in [3.63, 3.8) is 0 Å². The fraction of sp³-hybridized carbons (Fsp3) is 0.533. The lowest BCUT2D eigenvalue weighted by Crippen LogP contribution is -2.37. The monoisotopic (exact) mass is 261 g/mol. The van der Waals surface area contributed by atoms with Crippen LogP contribution in [0.25, 0.3) is 0 Å². The highest BCUT2D eigenvalue weighted by atomic mass is 16.2. The van der Waals surface area contributed by atoms with E-state index in [0.29, 0.717) is 5.92 Å². The van der Waals surface area contributed by atoms with Gasteiger partial charge < -0.3 is 16.0 Å². The van der Waals surface area contributed by atoms with E-state index in [9.17, 15) is 4.79 Å². The van der Waals surface area contributed by atoms with Crippen molar-refractivity contribution in [1.82, 2.24) is 4.90 Å². The van der Waals surface area contributed by atoms with Crippen LogP contribution in [0.3, 0.4) is 0 Å². The summed E-state index contributed by atoms with van der Waals surface area (Å²) < 4.78 is 0. The average Bonchev–Trinajstić information content (AvgIpc) is 2.33. The van der Waals surface area contributed by atoms with Crippen LogP contribution in [-0.4, -0.2) is 24.5 Å². The minimum Gasteiger partial charge on any atom is -0.327 e. The highest BCUT2D eigenvalue weighted by Gasteiger charge is 2.21. The number of benzene rings is 1. The van der Waals surface area contributed by atoms with E-state index in [1.165, 1.54) is 19.3 Å². The van der Waals surface area contributed by atoms with Gasteiger partial charge in [-0.25, -0.2) is 4.79 Å². The lowest BCUT2D eigenvalue weighted by molar-refractivity contribution is 0.194. The van der Waals surface area contributed by atoms with E-state index in [0.717, 1.165) is 17.8 Å². The van der Waals surface area contributed by atoms with Crippen molar-refractivity contribution in [3.8, 4) is 0 Å². The summed E-state index contributed by atoms with van der Waals surface area (Å²) in [6.07, 6.45) is 3.80. The number of nitrogens with one attached hydrogen (secondary N) is 1. The molecule has 19 heavy (non-hydrogen) atoms. The van der Waals surface area contributed by atoms with Gasteiger partial charge in [0.1, 0.15) is 0 Å². The molecule has 1 fully saturated rings. The second-order valence-electron chi connectivity index (χ2n) is 5.52. The maximum absolute atomic E-state index is 12.1. The Morgan fingerprint density at radius 3 is 2.84 bits per heavy atom. The van der Waals surface area contributed by atoms with E-state index in [-0.39, 0.29) is 12.1 Å². The first kappa shape index (κ1) is 13.9. The fourth-order valence-corrected chi connectivity index (χ4v) is 2.26. The molecule has 1 aromatic carbocycles. The van der Waals surface area contributed by atoms with Gasteiger partial charge in [0.25, 0.3) is 0 Å². The second kappa shape index (κ2) is 6.06. The lowest BCUT2D eigenvalue weighted by atomic mass is 9.85. The number of anilines is 1. The van der Waals surface area contributed by atoms with Crippen LogP contribution < -0.4 is 11.1 Å². The third-order valence-corrected chi connectivity index (χ3v) is 3.77. The molecule has 0 saturated heterocycles. The number of nitrogens with zero attached hydrogens (tertiary/aromatic N) is 1. The average molecular weight is 261 g/mol. The molecule has 4 heteroatoms. The zero-order chi connectivity index (χ0) is 13.8.